The summed E-state index contributed by atoms with van der Waals surface area (Å²) in [5.41, 5.74) is 0.906. The van der Waals surface area contributed by atoms with Gasteiger partial charge in [-0.2, -0.15) is 0 Å². The van der Waals surface area contributed by atoms with Gasteiger partial charge in [-0.05, 0) is 49.6 Å². The number of carbonyl (C=O) groups excluding carboxylic acids is 2. The van der Waals surface area contributed by atoms with Crippen LogP contribution in [0.5, 0.6) is 0 Å². The van der Waals surface area contributed by atoms with Gasteiger partial charge in [0.05, 0.1) is 16.0 Å². The van der Waals surface area contributed by atoms with Gasteiger partial charge in [0.1, 0.15) is 5.84 Å². The number of anilines is 1. The molecule has 2 amide bonds. The number of nitrogens with one attached hydrogen (secondary N) is 2. The van der Waals surface area contributed by atoms with Gasteiger partial charge in [-0.3, -0.25) is 19.3 Å². The van der Waals surface area contributed by atoms with E-state index in [1.54, 1.807) is 48.3 Å². The van der Waals surface area contributed by atoms with Gasteiger partial charge >= 0.3 is 0 Å². The number of amides is 2. The first-order valence-corrected chi connectivity index (χ1v) is 13.2. The van der Waals surface area contributed by atoms with E-state index >= 15 is 0 Å². The van der Waals surface area contributed by atoms with E-state index in [-0.39, 0.29) is 22.4 Å². The van der Waals surface area contributed by atoms with Gasteiger partial charge in [0, 0.05) is 31.7 Å². The number of nitrogens with zero attached hydrogens (tertiary/aromatic N) is 2. The molecule has 0 radical (unpaired) electrons. The Hall–Kier alpha value is -3.20. The highest BCUT2D eigenvalue weighted by Gasteiger charge is 2.26. The first kappa shape index (κ1) is 23.9. The maximum atomic E-state index is 13.2. The van der Waals surface area contributed by atoms with Crippen molar-refractivity contribution >= 4 is 33.4 Å². The van der Waals surface area contributed by atoms with Gasteiger partial charge in [-0.15, -0.1) is 0 Å². The quantitative estimate of drug-likeness (QED) is 0.653. The molecule has 34 heavy (non-hydrogen) atoms. The molecule has 0 aromatic heterocycles. The molecular weight excluding hydrogens is 452 g/mol. The topological polar surface area (TPSA) is 108 Å². The second kappa shape index (κ2) is 10.4. The van der Waals surface area contributed by atoms with Gasteiger partial charge in [-0.1, -0.05) is 37.5 Å². The molecule has 0 saturated heterocycles. The molecule has 0 bridgehead atoms. The zero-order valence-corrected chi connectivity index (χ0v) is 20.1. The molecule has 0 unspecified atom stereocenters. The molecule has 1 heterocycles. The average Bonchev–Trinajstić information content (AvgIpc) is 3.36. The predicted octanol–water partition coefficient (Wildman–Crippen LogP) is 3.81. The molecule has 180 valence electrons. The zero-order chi connectivity index (χ0) is 24.1. The molecule has 9 heteroatoms. The van der Waals surface area contributed by atoms with Crippen molar-refractivity contribution in [2.75, 3.05) is 18.9 Å². The van der Waals surface area contributed by atoms with E-state index < -0.39 is 15.9 Å². The van der Waals surface area contributed by atoms with Crippen molar-refractivity contribution in [3.63, 3.8) is 0 Å². The lowest BCUT2D eigenvalue weighted by atomic mass is 9.93. The number of carbonyl (C=O) groups is 2. The van der Waals surface area contributed by atoms with E-state index in [1.807, 2.05) is 0 Å². The number of aliphatic imine (C=N–C) groups is 1. The molecule has 2 aliphatic rings. The first-order valence-electron chi connectivity index (χ1n) is 11.7. The van der Waals surface area contributed by atoms with Crippen LogP contribution in [0.15, 0.2) is 58.4 Å². The Morgan fingerprint density at radius 1 is 0.971 bits per heavy atom. The highest BCUT2D eigenvalue weighted by atomic mass is 32.2. The lowest BCUT2D eigenvalue weighted by Gasteiger charge is -2.31. The smallest absolute Gasteiger partial charge is 0.262 e. The van der Waals surface area contributed by atoms with E-state index in [1.165, 1.54) is 18.6 Å². The van der Waals surface area contributed by atoms with Crippen LogP contribution in [0, 0.1) is 0 Å². The molecular formula is C25H30N4O4S. The zero-order valence-electron chi connectivity index (χ0n) is 19.3. The number of benzene rings is 2. The van der Waals surface area contributed by atoms with Crippen molar-refractivity contribution < 1.29 is 18.0 Å². The number of amidine groups is 1. The second-order valence-corrected chi connectivity index (χ2v) is 10.5. The molecule has 2 N–H and O–H groups in total. The molecule has 1 aliphatic carbocycles. The molecule has 0 spiro atoms. The fourth-order valence-electron chi connectivity index (χ4n) is 4.47. The molecule has 1 fully saturated rings. The summed E-state index contributed by atoms with van der Waals surface area (Å²) in [5.74, 6) is -0.205. The lowest BCUT2D eigenvalue weighted by molar-refractivity contribution is 0.0692. The molecule has 1 aliphatic heterocycles. The van der Waals surface area contributed by atoms with E-state index in [4.69, 9.17) is 0 Å². The summed E-state index contributed by atoms with van der Waals surface area (Å²) in [6, 6.07) is 12.9. The van der Waals surface area contributed by atoms with Gasteiger partial charge in [0.25, 0.3) is 21.8 Å². The van der Waals surface area contributed by atoms with Gasteiger partial charge in [-0.25, -0.2) is 8.42 Å². The Bertz CT molecular complexity index is 1200. The summed E-state index contributed by atoms with van der Waals surface area (Å²) >= 11 is 0. The van der Waals surface area contributed by atoms with Crippen LogP contribution in [0.1, 0.15) is 65.7 Å². The normalized spacial score (nSPS) is 16.6. The third kappa shape index (κ3) is 5.47. The van der Waals surface area contributed by atoms with E-state index in [0.717, 1.165) is 32.1 Å². The first-order chi connectivity index (χ1) is 16.3. The van der Waals surface area contributed by atoms with Gasteiger partial charge < -0.3 is 10.2 Å². The summed E-state index contributed by atoms with van der Waals surface area (Å²) in [6.45, 7) is 0.613. The third-order valence-electron chi connectivity index (χ3n) is 6.37. The monoisotopic (exact) mass is 482 g/mol. The highest BCUT2D eigenvalue weighted by Crippen LogP contribution is 2.24. The lowest BCUT2D eigenvalue weighted by Crippen LogP contribution is -2.39. The number of sulfonamides is 1. The predicted molar refractivity (Wildman–Crippen MR) is 132 cm³/mol. The highest BCUT2D eigenvalue weighted by molar-refractivity contribution is 7.90. The molecule has 2 aromatic rings. The molecule has 4 rings (SSSR count). The van der Waals surface area contributed by atoms with Crippen LogP contribution in [-0.2, 0) is 10.0 Å². The van der Waals surface area contributed by atoms with Crippen LogP contribution in [0.2, 0.25) is 0 Å². The van der Waals surface area contributed by atoms with Gasteiger partial charge in [0.15, 0.2) is 0 Å². The molecule has 2 aromatic carbocycles. The summed E-state index contributed by atoms with van der Waals surface area (Å²) < 4.78 is 27.9. The van der Waals surface area contributed by atoms with E-state index in [2.05, 4.69) is 15.0 Å². The third-order valence-corrected chi connectivity index (χ3v) is 7.75. The van der Waals surface area contributed by atoms with Crippen molar-refractivity contribution in [2.24, 2.45) is 4.99 Å². The molecule has 8 nitrogen and oxygen atoms in total. The standard InChI is InChI=1S/C25H30N4O4S/c1-29(19-10-3-2-4-11-19)25(31)22-14-6-5-13-21(22)24(30)27-18-9-7-12-20(17-18)34(32,33)28-23-15-8-16-26-23/h5-7,9,12-14,17,19H,2-4,8,10-11,15-16H2,1H3,(H,26,28)(H,27,30). The minimum absolute atomic E-state index is 0.0290. The Morgan fingerprint density at radius 2 is 1.71 bits per heavy atom. The van der Waals surface area contributed by atoms with Crippen LogP contribution in [0.4, 0.5) is 5.69 Å². The van der Waals surface area contributed by atoms with Crippen LogP contribution >= 0.6 is 0 Å². The summed E-state index contributed by atoms with van der Waals surface area (Å²) in [4.78, 5) is 32.3. The Balaban J connectivity index is 1.51. The largest absolute Gasteiger partial charge is 0.339 e. The number of hydrogen-bond acceptors (Lipinski definition) is 5. The van der Waals surface area contributed by atoms with Crippen molar-refractivity contribution in [1.29, 1.82) is 0 Å². The maximum absolute atomic E-state index is 13.2. The van der Waals surface area contributed by atoms with E-state index in [0.29, 0.717) is 30.1 Å². The SMILES string of the molecule is CN(C(=O)c1ccccc1C(=O)Nc1cccc(S(=O)(=O)NC2=NCCC2)c1)C1CCCCC1. The fourth-order valence-corrected chi connectivity index (χ4v) is 5.60. The van der Waals surface area contributed by atoms with Crippen molar-refractivity contribution in [1.82, 2.24) is 9.62 Å². The van der Waals surface area contributed by atoms with Crippen LogP contribution in [0.3, 0.4) is 0 Å². The fraction of sp³-hybridized carbons (Fsp3) is 0.400. The Labute approximate surface area is 200 Å². The van der Waals surface area contributed by atoms with Crippen molar-refractivity contribution in [3.05, 3.63) is 59.7 Å². The minimum atomic E-state index is -3.80. The summed E-state index contributed by atoms with van der Waals surface area (Å²) in [6.07, 6.45) is 6.75. The summed E-state index contributed by atoms with van der Waals surface area (Å²) in [7, 11) is -2.01. The molecule has 0 atom stereocenters. The average molecular weight is 483 g/mol. The summed E-state index contributed by atoms with van der Waals surface area (Å²) in [5, 5.41) is 2.75. The Morgan fingerprint density at radius 3 is 2.41 bits per heavy atom. The minimum Gasteiger partial charge on any atom is -0.339 e. The second-order valence-electron chi connectivity index (χ2n) is 8.77. The van der Waals surface area contributed by atoms with Crippen LogP contribution < -0.4 is 10.0 Å². The number of rotatable bonds is 6. The van der Waals surface area contributed by atoms with Crippen molar-refractivity contribution in [3.8, 4) is 0 Å². The van der Waals surface area contributed by atoms with E-state index in [9.17, 15) is 18.0 Å². The van der Waals surface area contributed by atoms with Gasteiger partial charge in [0.2, 0.25) is 0 Å². The van der Waals surface area contributed by atoms with Crippen molar-refractivity contribution in [2.45, 2.75) is 55.9 Å². The molecule has 1 saturated carbocycles. The van der Waals surface area contributed by atoms with Crippen LogP contribution in [0.25, 0.3) is 0 Å². The Kier molecular flexibility index (Phi) is 7.31. The number of hydrogen-bond donors (Lipinski definition) is 2. The van der Waals surface area contributed by atoms with Crippen LogP contribution in [-0.4, -0.2) is 50.6 Å². The maximum Gasteiger partial charge on any atom is 0.262 e.